The van der Waals surface area contributed by atoms with E-state index in [2.05, 4.69) is 22.3 Å². The number of nitrogens with one attached hydrogen (secondary N) is 1. The average molecular weight is 353 g/mol. The third kappa shape index (κ3) is 4.05. The first-order valence-corrected chi connectivity index (χ1v) is 9.30. The van der Waals surface area contributed by atoms with Crippen LogP contribution in [0.4, 0.5) is 14.9 Å². The van der Waals surface area contributed by atoms with Gasteiger partial charge in [-0.3, -0.25) is 4.90 Å². The molecule has 2 amide bonds. The van der Waals surface area contributed by atoms with Crippen LogP contribution in [-0.2, 0) is 6.42 Å². The molecule has 4 nitrogen and oxygen atoms in total. The van der Waals surface area contributed by atoms with Gasteiger partial charge in [0.05, 0.1) is 6.04 Å². The highest BCUT2D eigenvalue weighted by molar-refractivity contribution is 5.89. The monoisotopic (exact) mass is 353 g/mol. The molecule has 1 heterocycles. The number of carbonyl (C=O) groups is 1. The number of anilines is 1. The zero-order chi connectivity index (χ0) is 17.9. The SMILES string of the molecule is O=C(Nc1ccc(F)cc1)N1CCN(C2CC2)CC1Cc1ccccc1. The number of hydrogen-bond acceptors (Lipinski definition) is 2. The number of hydrogen-bond donors (Lipinski definition) is 1. The number of amides is 2. The molecule has 1 aliphatic carbocycles. The van der Waals surface area contributed by atoms with Gasteiger partial charge in [-0.15, -0.1) is 0 Å². The van der Waals surface area contributed by atoms with Crippen molar-refractivity contribution in [3.63, 3.8) is 0 Å². The summed E-state index contributed by atoms with van der Waals surface area (Å²) in [5, 5.41) is 2.92. The number of benzene rings is 2. The third-order valence-electron chi connectivity index (χ3n) is 5.25. The van der Waals surface area contributed by atoms with E-state index in [0.717, 1.165) is 26.1 Å². The maximum atomic E-state index is 13.1. The third-order valence-corrected chi connectivity index (χ3v) is 5.25. The van der Waals surface area contributed by atoms with Crippen LogP contribution in [0.5, 0.6) is 0 Å². The van der Waals surface area contributed by atoms with Gasteiger partial charge in [0.25, 0.3) is 0 Å². The van der Waals surface area contributed by atoms with Gasteiger partial charge in [0.2, 0.25) is 0 Å². The van der Waals surface area contributed by atoms with Crippen LogP contribution in [0.2, 0.25) is 0 Å². The molecule has 0 aromatic heterocycles. The van der Waals surface area contributed by atoms with Crippen molar-refractivity contribution >= 4 is 11.7 Å². The largest absolute Gasteiger partial charge is 0.322 e. The van der Waals surface area contributed by atoms with Crippen LogP contribution < -0.4 is 5.32 Å². The van der Waals surface area contributed by atoms with E-state index in [1.807, 2.05) is 23.1 Å². The fraction of sp³-hybridized carbons (Fsp3) is 0.381. The van der Waals surface area contributed by atoms with Crippen LogP contribution in [0.15, 0.2) is 54.6 Å². The van der Waals surface area contributed by atoms with Gasteiger partial charge in [-0.1, -0.05) is 30.3 Å². The van der Waals surface area contributed by atoms with Crippen LogP contribution in [0, 0.1) is 5.82 Å². The Morgan fingerprint density at radius 1 is 1.04 bits per heavy atom. The lowest BCUT2D eigenvalue weighted by Crippen LogP contribution is -2.57. The lowest BCUT2D eigenvalue weighted by molar-refractivity contribution is 0.0954. The van der Waals surface area contributed by atoms with E-state index in [0.29, 0.717) is 11.7 Å². The van der Waals surface area contributed by atoms with E-state index in [9.17, 15) is 9.18 Å². The second-order valence-electron chi connectivity index (χ2n) is 7.20. The molecule has 2 aromatic rings. The van der Waals surface area contributed by atoms with E-state index in [4.69, 9.17) is 0 Å². The highest BCUT2D eigenvalue weighted by Gasteiger charge is 2.37. The molecule has 2 fully saturated rings. The van der Waals surface area contributed by atoms with E-state index < -0.39 is 0 Å². The van der Waals surface area contributed by atoms with Crippen molar-refractivity contribution in [2.24, 2.45) is 0 Å². The molecule has 0 bridgehead atoms. The van der Waals surface area contributed by atoms with E-state index in [1.54, 1.807) is 12.1 Å². The summed E-state index contributed by atoms with van der Waals surface area (Å²) in [4.78, 5) is 17.3. The van der Waals surface area contributed by atoms with Crippen LogP contribution >= 0.6 is 0 Å². The zero-order valence-electron chi connectivity index (χ0n) is 14.8. The normalized spacial score (nSPS) is 20.8. The van der Waals surface area contributed by atoms with E-state index in [1.165, 1.54) is 30.5 Å². The van der Waals surface area contributed by atoms with Gasteiger partial charge < -0.3 is 10.2 Å². The molecule has 2 aliphatic rings. The molecule has 1 N–H and O–H groups in total. The Morgan fingerprint density at radius 2 is 1.77 bits per heavy atom. The van der Waals surface area contributed by atoms with Crippen LogP contribution in [0.1, 0.15) is 18.4 Å². The van der Waals surface area contributed by atoms with Gasteiger partial charge in [0.1, 0.15) is 5.82 Å². The standard InChI is InChI=1S/C21H24FN3O/c22-17-6-8-18(9-7-17)23-21(26)25-13-12-24(19-10-11-19)15-20(25)14-16-4-2-1-3-5-16/h1-9,19-20H,10-15H2,(H,23,26). The molecule has 0 radical (unpaired) electrons. The number of halogens is 1. The van der Waals surface area contributed by atoms with Gasteiger partial charge in [-0.05, 0) is 49.1 Å². The number of rotatable bonds is 4. The molecule has 1 atom stereocenters. The molecule has 1 saturated heterocycles. The smallest absolute Gasteiger partial charge is 0.319 e. The van der Waals surface area contributed by atoms with Crippen molar-refractivity contribution in [3.8, 4) is 0 Å². The summed E-state index contributed by atoms with van der Waals surface area (Å²) in [6.07, 6.45) is 3.40. The lowest BCUT2D eigenvalue weighted by atomic mass is 10.0. The molecule has 4 rings (SSSR count). The summed E-state index contributed by atoms with van der Waals surface area (Å²) in [5.41, 5.74) is 1.87. The summed E-state index contributed by atoms with van der Waals surface area (Å²) in [5.74, 6) is -0.303. The predicted octanol–water partition coefficient (Wildman–Crippen LogP) is 3.75. The summed E-state index contributed by atoms with van der Waals surface area (Å²) < 4.78 is 13.1. The molecule has 1 unspecified atom stereocenters. The molecule has 0 spiro atoms. The zero-order valence-corrected chi connectivity index (χ0v) is 14.8. The van der Waals surface area contributed by atoms with Crippen molar-refractivity contribution in [1.82, 2.24) is 9.80 Å². The van der Waals surface area contributed by atoms with Crippen molar-refractivity contribution in [2.75, 3.05) is 25.0 Å². The number of piperazine rings is 1. The van der Waals surface area contributed by atoms with Crippen molar-refractivity contribution in [2.45, 2.75) is 31.3 Å². The quantitative estimate of drug-likeness (QED) is 0.909. The summed E-state index contributed by atoms with van der Waals surface area (Å²) in [6.45, 7) is 2.56. The first-order chi connectivity index (χ1) is 12.7. The Kier molecular flexibility index (Phi) is 4.89. The number of nitrogens with zero attached hydrogens (tertiary/aromatic N) is 2. The minimum Gasteiger partial charge on any atom is -0.319 e. The maximum Gasteiger partial charge on any atom is 0.322 e. The molecule has 1 aliphatic heterocycles. The first-order valence-electron chi connectivity index (χ1n) is 9.30. The van der Waals surface area contributed by atoms with Gasteiger partial charge >= 0.3 is 6.03 Å². The maximum absolute atomic E-state index is 13.1. The fourth-order valence-electron chi connectivity index (χ4n) is 3.71. The van der Waals surface area contributed by atoms with E-state index in [-0.39, 0.29) is 17.9 Å². The van der Waals surface area contributed by atoms with Gasteiger partial charge in [-0.25, -0.2) is 9.18 Å². The highest BCUT2D eigenvalue weighted by Crippen LogP contribution is 2.29. The Labute approximate surface area is 153 Å². The average Bonchev–Trinajstić information content (AvgIpc) is 3.50. The summed E-state index contributed by atoms with van der Waals surface area (Å²) in [7, 11) is 0. The minimum atomic E-state index is -0.303. The van der Waals surface area contributed by atoms with Crippen LogP contribution in [0.3, 0.4) is 0 Å². The van der Waals surface area contributed by atoms with Crippen LogP contribution in [0.25, 0.3) is 0 Å². The second-order valence-corrected chi connectivity index (χ2v) is 7.20. The molecular formula is C21H24FN3O. The second kappa shape index (κ2) is 7.46. The topological polar surface area (TPSA) is 35.6 Å². The minimum absolute atomic E-state index is 0.104. The Hall–Kier alpha value is -2.40. The highest BCUT2D eigenvalue weighted by atomic mass is 19.1. The lowest BCUT2D eigenvalue weighted by Gasteiger charge is -2.41. The van der Waals surface area contributed by atoms with Crippen molar-refractivity contribution in [1.29, 1.82) is 0 Å². The molecule has 2 aromatic carbocycles. The Balaban J connectivity index is 1.47. The Bertz CT molecular complexity index is 746. The van der Waals surface area contributed by atoms with Crippen molar-refractivity contribution < 1.29 is 9.18 Å². The van der Waals surface area contributed by atoms with E-state index >= 15 is 0 Å². The molecular weight excluding hydrogens is 329 g/mol. The predicted molar refractivity (Wildman–Crippen MR) is 101 cm³/mol. The summed E-state index contributed by atoms with van der Waals surface area (Å²) >= 11 is 0. The van der Waals surface area contributed by atoms with Gasteiger partial charge in [0, 0.05) is 31.4 Å². The summed E-state index contributed by atoms with van der Waals surface area (Å²) in [6, 6.07) is 17.0. The fourth-order valence-corrected chi connectivity index (χ4v) is 3.71. The van der Waals surface area contributed by atoms with Crippen molar-refractivity contribution in [3.05, 3.63) is 66.0 Å². The molecule has 136 valence electrons. The van der Waals surface area contributed by atoms with Gasteiger partial charge in [0.15, 0.2) is 0 Å². The molecule has 26 heavy (non-hydrogen) atoms. The van der Waals surface area contributed by atoms with Crippen LogP contribution in [-0.4, -0.2) is 47.5 Å². The Morgan fingerprint density at radius 3 is 2.46 bits per heavy atom. The first kappa shape index (κ1) is 17.0. The molecule has 5 heteroatoms. The number of urea groups is 1. The van der Waals surface area contributed by atoms with Gasteiger partial charge in [-0.2, -0.15) is 0 Å². The molecule has 1 saturated carbocycles. The number of carbonyl (C=O) groups excluding carboxylic acids is 1.